The third kappa shape index (κ3) is 5.31. The van der Waals surface area contributed by atoms with E-state index in [0.29, 0.717) is 27.9 Å². The van der Waals surface area contributed by atoms with E-state index in [2.05, 4.69) is 21.2 Å². The van der Waals surface area contributed by atoms with Crippen molar-refractivity contribution < 1.29 is 17.6 Å². The lowest BCUT2D eigenvalue weighted by molar-refractivity contribution is -0.120. The maximum absolute atomic E-state index is 13.9. The van der Waals surface area contributed by atoms with Crippen molar-refractivity contribution in [3.8, 4) is 0 Å². The van der Waals surface area contributed by atoms with E-state index < -0.39 is 15.8 Å². The van der Waals surface area contributed by atoms with E-state index in [-0.39, 0.29) is 36.4 Å². The third-order valence-corrected chi connectivity index (χ3v) is 7.26. The summed E-state index contributed by atoms with van der Waals surface area (Å²) in [5.74, 6) is -1.28. The molecule has 1 saturated heterocycles. The molecule has 28 heavy (non-hydrogen) atoms. The maximum atomic E-state index is 13.9. The van der Waals surface area contributed by atoms with Crippen LogP contribution in [0, 0.1) is 11.7 Å². The van der Waals surface area contributed by atoms with Crippen molar-refractivity contribution in [3.63, 3.8) is 0 Å². The van der Waals surface area contributed by atoms with Gasteiger partial charge in [-0.2, -0.15) is 0 Å². The number of rotatable bonds is 5. The van der Waals surface area contributed by atoms with Crippen LogP contribution in [0.2, 0.25) is 5.02 Å². The van der Waals surface area contributed by atoms with Gasteiger partial charge in [-0.05, 0) is 48.7 Å². The number of piperidine rings is 1. The van der Waals surface area contributed by atoms with E-state index in [1.807, 2.05) is 0 Å². The number of halogens is 3. The van der Waals surface area contributed by atoms with Gasteiger partial charge < -0.3 is 5.32 Å². The van der Waals surface area contributed by atoms with Crippen molar-refractivity contribution in [1.82, 2.24) is 4.31 Å². The quantitative estimate of drug-likeness (QED) is 0.676. The molecule has 0 radical (unpaired) electrons. The van der Waals surface area contributed by atoms with Crippen LogP contribution in [0.25, 0.3) is 0 Å². The highest BCUT2D eigenvalue weighted by atomic mass is 79.9. The molecule has 0 atom stereocenters. The van der Waals surface area contributed by atoms with Crippen LogP contribution in [0.3, 0.4) is 0 Å². The van der Waals surface area contributed by atoms with Crippen LogP contribution in [0.5, 0.6) is 0 Å². The van der Waals surface area contributed by atoms with Crippen LogP contribution in [0.4, 0.5) is 10.1 Å². The average molecular weight is 490 g/mol. The summed E-state index contributed by atoms with van der Waals surface area (Å²) in [6, 6.07) is 11.1. The topological polar surface area (TPSA) is 66.5 Å². The molecule has 1 fully saturated rings. The molecular formula is C19H19BrClFN2O3S. The normalized spacial score (nSPS) is 16.1. The Morgan fingerprint density at radius 1 is 1.18 bits per heavy atom. The van der Waals surface area contributed by atoms with Gasteiger partial charge in [0.1, 0.15) is 5.82 Å². The Balaban J connectivity index is 1.57. The number of carbonyl (C=O) groups is 1. The van der Waals surface area contributed by atoms with Gasteiger partial charge in [0.05, 0.1) is 11.4 Å². The Bertz CT molecular complexity index is 962. The first kappa shape index (κ1) is 21.2. The number of hydrogen-bond donors (Lipinski definition) is 1. The molecule has 5 nitrogen and oxygen atoms in total. The predicted octanol–water partition coefficient (Wildman–Crippen LogP) is 4.42. The second kappa shape index (κ2) is 8.90. The lowest BCUT2D eigenvalue weighted by atomic mass is 9.97. The number of amides is 1. The van der Waals surface area contributed by atoms with E-state index in [1.54, 1.807) is 30.3 Å². The van der Waals surface area contributed by atoms with Gasteiger partial charge in [-0.1, -0.05) is 39.7 Å². The minimum Gasteiger partial charge on any atom is -0.323 e. The standard InChI is InChI=1S/C19H19BrClFN2O3S/c20-15-3-6-18(17(22)11-15)23-19(25)14-7-9-24(10-8-14)28(26,27)12-13-1-4-16(21)5-2-13/h1-6,11,14H,7-10,12H2,(H,23,25). The SMILES string of the molecule is O=C(Nc1ccc(Br)cc1F)C1CCN(S(=O)(=O)Cc2ccc(Cl)cc2)CC1. The summed E-state index contributed by atoms with van der Waals surface area (Å²) < 4.78 is 41.1. The first-order valence-corrected chi connectivity index (χ1v) is 11.5. The number of sulfonamides is 1. The molecule has 1 heterocycles. The van der Waals surface area contributed by atoms with Crippen molar-refractivity contribution in [2.75, 3.05) is 18.4 Å². The monoisotopic (exact) mass is 488 g/mol. The molecule has 2 aromatic rings. The van der Waals surface area contributed by atoms with Gasteiger partial charge in [0.15, 0.2) is 0 Å². The Morgan fingerprint density at radius 2 is 1.82 bits per heavy atom. The number of nitrogens with one attached hydrogen (secondary N) is 1. The summed E-state index contributed by atoms with van der Waals surface area (Å²) >= 11 is 9.00. The molecule has 1 amide bonds. The molecular weight excluding hydrogens is 471 g/mol. The average Bonchev–Trinajstić information content (AvgIpc) is 2.66. The van der Waals surface area contributed by atoms with Crippen LogP contribution in [-0.2, 0) is 20.6 Å². The molecule has 3 rings (SSSR count). The number of benzene rings is 2. The van der Waals surface area contributed by atoms with Crippen LogP contribution >= 0.6 is 27.5 Å². The highest BCUT2D eigenvalue weighted by Gasteiger charge is 2.31. The summed E-state index contributed by atoms with van der Waals surface area (Å²) in [5.41, 5.74) is 0.779. The molecule has 1 aliphatic rings. The summed E-state index contributed by atoms with van der Waals surface area (Å²) in [7, 11) is -3.48. The van der Waals surface area contributed by atoms with Gasteiger partial charge in [-0.3, -0.25) is 4.79 Å². The van der Waals surface area contributed by atoms with Gasteiger partial charge in [0.25, 0.3) is 0 Å². The van der Waals surface area contributed by atoms with E-state index in [4.69, 9.17) is 11.6 Å². The van der Waals surface area contributed by atoms with Crippen LogP contribution in [0.1, 0.15) is 18.4 Å². The largest absolute Gasteiger partial charge is 0.323 e. The van der Waals surface area contributed by atoms with E-state index >= 15 is 0 Å². The fourth-order valence-corrected chi connectivity index (χ4v) is 5.13. The Labute approximate surface area is 177 Å². The molecule has 0 unspecified atom stereocenters. The van der Waals surface area contributed by atoms with E-state index in [1.165, 1.54) is 16.4 Å². The predicted molar refractivity (Wildman–Crippen MR) is 111 cm³/mol. The van der Waals surface area contributed by atoms with Crippen molar-refractivity contribution in [2.24, 2.45) is 5.92 Å². The van der Waals surface area contributed by atoms with Crippen LogP contribution in [-0.4, -0.2) is 31.7 Å². The van der Waals surface area contributed by atoms with Gasteiger partial charge >= 0.3 is 0 Å². The molecule has 0 saturated carbocycles. The number of hydrogen-bond acceptors (Lipinski definition) is 3. The number of carbonyl (C=O) groups excluding carboxylic acids is 1. The molecule has 9 heteroatoms. The fraction of sp³-hybridized carbons (Fsp3) is 0.316. The molecule has 1 N–H and O–H groups in total. The first-order chi connectivity index (χ1) is 13.2. The zero-order valence-corrected chi connectivity index (χ0v) is 18.0. The molecule has 0 spiro atoms. The molecule has 0 bridgehead atoms. The smallest absolute Gasteiger partial charge is 0.227 e. The van der Waals surface area contributed by atoms with E-state index in [9.17, 15) is 17.6 Å². The van der Waals surface area contributed by atoms with E-state index in [0.717, 1.165) is 0 Å². The van der Waals surface area contributed by atoms with Crippen molar-refractivity contribution >= 4 is 49.1 Å². The highest BCUT2D eigenvalue weighted by Crippen LogP contribution is 2.25. The zero-order valence-electron chi connectivity index (χ0n) is 14.9. The number of anilines is 1. The third-order valence-electron chi connectivity index (χ3n) is 4.67. The van der Waals surface area contributed by atoms with Crippen molar-refractivity contribution in [2.45, 2.75) is 18.6 Å². The Hall–Kier alpha value is -1.48. The van der Waals surface area contributed by atoms with Crippen molar-refractivity contribution in [3.05, 3.63) is 63.3 Å². The van der Waals surface area contributed by atoms with Gasteiger partial charge in [-0.15, -0.1) is 0 Å². The van der Waals surface area contributed by atoms with Gasteiger partial charge in [0, 0.05) is 28.5 Å². The summed E-state index contributed by atoms with van der Waals surface area (Å²) in [6.07, 6.45) is 0.785. The summed E-state index contributed by atoms with van der Waals surface area (Å²) in [5, 5.41) is 3.14. The second-order valence-corrected chi connectivity index (χ2v) is 9.99. The molecule has 0 aromatic heterocycles. The Kier molecular flexibility index (Phi) is 6.75. The van der Waals surface area contributed by atoms with Crippen LogP contribution in [0.15, 0.2) is 46.9 Å². The zero-order chi connectivity index (χ0) is 20.3. The summed E-state index contributed by atoms with van der Waals surface area (Å²) in [4.78, 5) is 12.4. The van der Waals surface area contributed by atoms with Crippen molar-refractivity contribution in [1.29, 1.82) is 0 Å². The molecule has 2 aromatic carbocycles. The van der Waals surface area contributed by atoms with Crippen LogP contribution < -0.4 is 5.32 Å². The highest BCUT2D eigenvalue weighted by molar-refractivity contribution is 9.10. The first-order valence-electron chi connectivity index (χ1n) is 8.73. The fourth-order valence-electron chi connectivity index (χ4n) is 3.10. The molecule has 150 valence electrons. The molecule has 0 aliphatic carbocycles. The minimum absolute atomic E-state index is 0.106. The lowest BCUT2D eigenvalue weighted by Gasteiger charge is -2.30. The lowest BCUT2D eigenvalue weighted by Crippen LogP contribution is -2.41. The van der Waals surface area contributed by atoms with Gasteiger partial charge in [-0.25, -0.2) is 17.1 Å². The second-order valence-electron chi connectivity index (χ2n) is 6.67. The Morgan fingerprint density at radius 3 is 2.43 bits per heavy atom. The molecule has 1 aliphatic heterocycles. The number of nitrogens with zero attached hydrogens (tertiary/aromatic N) is 1. The summed E-state index contributed by atoms with van der Waals surface area (Å²) in [6.45, 7) is 0.521. The maximum Gasteiger partial charge on any atom is 0.227 e. The minimum atomic E-state index is -3.48. The van der Waals surface area contributed by atoms with Gasteiger partial charge in [0.2, 0.25) is 15.9 Å².